The van der Waals surface area contributed by atoms with E-state index in [4.69, 9.17) is 4.74 Å². The predicted octanol–water partition coefficient (Wildman–Crippen LogP) is 3.40. The van der Waals surface area contributed by atoms with Crippen LogP contribution < -0.4 is 0 Å². The predicted molar refractivity (Wildman–Crippen MR) is 59.1 cm³/mol. The van der Waals surface area contributed by atoms with E-state index in [0.29, 0.717) is 18.9 Å². The molecule has 0 amide bonds. The van der Waals surface area contributed by atoms with Gasteiger partial charge in [0.1, 0.15) is 0 Å². The summed E-state index contributed by atoms with van der Waals surface area (Å²) in [4.78, 5) is 11.1. The van der Waals surface area contributed by atoms with Crippen LogP contribution in [0.15, 0.2) is 0 Å². The second kappa shape index (κ2) is 7.84. The summed E-state index contributed by atoms with van der Waals surface area (Å²) < 4.78 is 5.10. The molecule has 0 aromatic carbocycles. The molecule has 2 heteroatoms. The number of ether oxygens (including phenoxy) is 1. The van der Waals surface area contributed by atoms with Crippen molar-refractivity contribution >= 4 is 5.97 Å². The molecule has 0 N–H and O–H groups in total. The monoisotopic (exact) mass is 200 g/mol. The molecule has 0 aliphatic rings. The van der Waals surface area contributed by atoms with Gasteiger partial charge in [-0.1, -0.05) is 34.1 Å². The third-order valence-electron chi connectivity index (χ3n) is 2.01. The normalized spacial score (nSPS) is 11.0. The van der Waals surface area contributed by atoms with E-state index in [1.54, 1.807) is 0 Å². The van der Waals surface area contributed by atoms with Gasteiger partial charge in [-0.25, -0.2) is 0 Å². The largest absolute Gasteiger partial charge is 0.466 e. The van der Waals surface area contributed by atoms with Crippen molar-refractivity contribution in [2.75, 3.05) is 6.61 Å². The Labute approximate surface area is 88.0 Å². The molecule has 0 saturated carbocycles. The lowest BCUT2D eigenvalue weighted by Crippen LogP contribution is -2.08. The summed E-state index contributed by atoms with van der Waals surface area (Å²) in [5.74, 6) is 1.10. The highest BCUT2D eigenvalue weighted by molar-refractivity contribution is 5.69. The van der Waals surface area contributed by atoms with Gasteiger partial charge in [-0.05, 0) is 24.7 Å². The minimum atomic E-state index is -0.0513. The summed E-state index contributed by atoms with van der Waals surface area (Å²) in [5.41, 5.74) is 0. The van der Waals surface area contributed by atoms with E-state index in [9.17, 15) is 4.79 Å². The first kappa shape index (κ1) is 13.5. The fraction of sp³-hybridized carbons (Fsp3) is 0.917. The quantitative estimate of drug-likeness (QED) is 0.465. The Hall–Kier alpha value is -0.530. The third-order valence-corrected chi connectivity index (χ3v) is 2.01. The highest BCUT2D eigenvalue weighted by Gasteiger charge is 2.05. The molecule has 0 aliphatic heterocycles. The lowest BCUT2D eigenvalue weighted by atomic mass is 10.1. The molecule has 0 fully saturated rings. The van der Waals surface area contributed by atoms with Crippen LogP contribution >= 0.6 is 0 Å². The average Bonchev–Trinajstić information content (AvgIpc) is 2.01. The smallest absolute Gasteiger partial charge is 0.306 e. The maximum atomic E-state index is 11.1. The Bertz CT molecular complexity index is 150. The van der Waals surface area contributed by atoms with Gasteiger partial charge in [-0.2, -0.15) is 0 Å². The molecular weight excluding hydrogens is 176 g/mol. The van der Waals surface area contributed by atoms with E-state index >= 15 is 0 Å². The Morgan fingerprint density at radius 1 is 1.07 bits per heavy atom. The summed E-state index contributed by atoms with van der Waals surface area (Å²) in [7, 11) is 0. The number of rotatable bonds is 7. The van der Waals surface area contributed by atoms with Crippen LogP contribution in [-0.2, 0) is 9.53 Å². The molecule has 0 radical (unpaired) electrons. The van der Waals surface area contributed by atoms with Gasteiger partial charge in [-0.15, -0.1) is 0 Å². The van der Waals surface area contributed by atoms with Crippen molar-refractivity contribution in [2.45, 2.75) is 53.4 Å². The zero-order valence-corrected chi connectivity index (χ0v) is 10.0. The lowest BCUT2D eigenvalue weighted by molar-refractivity contribution is -0.144. The number of carbonyl (C=O) groups excluding carboxylic acids is 1. The number of esters is 1. The van der Waals surface area contributed by atoms with Gasteiger partial charge in [-0.3, -0.25) is 4.79 Å². The number of unbranched alkanes of at least 4 members (excludes halogenated alkanes) is 1. The van der Waals surface area contributed by atoms with Crippen LogP contribution in [0.2, 0.25) is 0 Å². The van der Waals surface area contributed by atoms with Crippen LogP contribution in [-0.4, -0.2) is 12.6 Å². The van der Waals surface area contributed by atoms with Gasteiger partial charge in [0, 0.05) is 6.42 Å². The van der Waals surface area contributed by atoms with Crippen molar-refractivity contribution in [2.24, 2.45) is 11.8 Å². The number of hydrogen-bond acceptors (Lipinski definition) is 2. The van der Waals surface area contributed by atoms with Crippen LogP contribution in [0.3, 0.4) is 0 Å². The first-order valence-electron chi connectivity index (χ1n) is 5.68. The Kier molecular flexibility index (Phi) is 7.54. The maximum Gasteiger partial charge on any atom is 0.306 e. The molecule has 0 aliphatic carbocycles. The highest BCUT2D eigenvalue weighted by Crippen LogP contribution is 2.07. The molecule has 2 nitrogen and oxygen atoms in total. The standard InChI is InChI=1S/C12H24O2/c1-10(2)7-5-6-8-14-12(13)9-11(3)4/h10-11H,5-9H2,1-4H3. The Balaban J connectivity index is 3.23. The van der Waals surface area contributed by atoms with Crippen LogP contribution in [0, 0.1) is 11.8 Å². The fourth-order valence-corrected chi connectivity index (χ4v) is 1.23. The van der Waals surface area contributed by atoms with E-state index < -0.39 is 0 Å². The molecular formula is C12H24O2. The first-order chi connectivity index (χ1) is 6.52. The molecule has 0 saturated heterocycles. The van der Waals surface area contributed by atoms with Crippen molar-refractivity contribution in [1.82, 2.24) is 0 Å². The molecule has 0 bridgehead atoms. The Morgan fingerprint density at radius 3 is 2.21 bits per heavy atom. The van der Waals surface area contributed by atoms with Crippen LogP contribution in [0.4, 0.5) is 0 Å². The van der Waals surface area contributed by atoms with Gasteiger partial charge < -0.3 is 4.74 Å². The molecule has 0 rings (SSSR count). The summed E-state index contributed by atoms with van der Waals surface area (Å²) >= 11 is 0. The van der Waals surface area contributed by atoms with E-state index in [2.05, 4.69) is 13.8 Å². The maximum absolute atomic E-state index is 11.1. The zero-order valence-electron chi connectivity index (χ0n) is 10.0. The van der Waals surface area contributed by atoms with E-state index in [0.717, 1.165) is 18.8 Å². The van der Waals surface area contributed by atoms with Crippen LogP contribution in [0.25, 0.3) is 0 Å². The molecule has 0 heterocycles. The van der Waals surface area contributed by atoms with E-state index in [1.807, 2.05) is 13.8 Å². The third kappa shape index (κ3) is 9.56. The van der Waals surface area contributed by atoms with E-state index in [-0.39, 0.29) is 5.97 Å². The Morgan fingerprint density at radius 2 is 1.71 bits per heavy atom. The van der Waals surface area contributed by atoms with Crippen molar-refractivity contribution < 1.29 is 9.53 Å². The summed E-state index contributed by atoms with van der Waals surface area (Å²) in [6, 6.07) is 0. The second-order valence-corrected chi connectivity index (χ2v) is 4.71. The first-order valence-corrected chi connectivity index (χ1v) is 5.68. The lowest BCUT2D eigenvalue weighted by Gasteiger charge is -2.07. The number of carbonyl (C=O) groups is 1. The van der Waals surface area contributed by atoms with Gasteiger partial charge >= 0.3 is 5.97 Å². The van der Waals surface area contributed by atoms with Crippen molar-refractivity contribution in [3.63, 3.8) is 0 Å². The molecule has 0 aromatic heterocycles. The second-order valence-electron chi connectivity index (χ2n) is 4.71. The minimum absolute atomic E-state index is 0.0513. The zero-order chi connectivity index (χ0) is 11.0. The SMILES string of the molecule is CC(C)CCCCOC(=O)CC(C)C. The van der Waals surface area contributed by atoms with Crippen LogP contribution in [0.1, 0.15) is 53.4 Å². The van der Waals surface area contributed by atoms with Crippen LogP contribution in [0.5, 0.6) is 0 Å². The van der Waals surface area contributed by atoms with Crippen molar-refractivity contribution in [3.05, 3.63) is 0 Å². The van der Waals surface area contributed by atoms with Gasteiger partial charge in [0.2, 0.25) is 0 Å². The van der Waals surface area contributed by atoms with Gasteiger partial charge in [0.05, 0.1) is 6.61 Å². The summed E-state index contributed by atoms with van der Waals surface area (Å²) in [6.07, 6.45) is 3.93. The van der Waals surface area contributed by atoms with E-state index in [1.165, 1.54) is 6.42 Å². The minimum Gasteiger partial charge on any atom is -0.466 e. The molecule has 0 atom stereocenters. The highest BCUT2D eigenvalue weighted by atomic mass is 16.5. The van der Waals surface area contributed by atoms with Gasteiger partial charge in [0.15, 0.2) is 0 Å². The molecule has 84 valence electrons. The van der Waals surface area contributed by atoms with Crippen molar-refractivity contribution in [1.29, 1.82) is 0 Å². The molecule has 0 aromatic rings. The summed E-state index contributed by atoms with van der Waals surface area (Å²) in [5, 5.41) is 0. The summed E-state index contributed by atoms with van der Waals surface area (Å²) in [6.45, 7) is 9.08. The molecule has 14 heavy (non-hydrogen) atoms. The topological polar surface area (TPSA) is 26.3 Å². The number of hydrogen-bond donors (Lipinski definition) is 0. The van der Waals surface area contributed by atoms with Crippen molar-refractivity contribution in [3.8, 4) is 0 Å². The molecule has 0 spiro atoms. The fourth-order valence-electron chi connectivity index (χ4n) is 1.23. The van der Waals surface area contributed by atoms with Gasteiger partial charge in [0.25, 0.3) is 0 Å². The average molecular weight is 200 g/mol. The molecule has 0 unspecified atom stereocenters.